The quantitative estimate of drug-likeness (QED) is 0.377. The average molecular weight is 517 g/mol. The van der Waals surface area contributed by atoms with E-state index in [1.165, 1.54) is 18.8 Å². The maximum atomic E-state index is 13.9. The number of aromatic hydroxyl groups is 1. The lowest BCUT2D eigenvalue weighted by molar-refractivity contribution is 0.0594. The molecule has 0 saturated heterocycles. The maximum absolute atomic E-state index is 13.9. The number of allylic oxidation sites excluding steroid dienone is 1. The zero-order chi connectivity index (χ0) is 27.1. The first-order valence-corrected chi connectivity index (χ1v) is 12.0. The smallest absolute Gasteiger partial charge is 0.347 e. The average Bonchev–Trinajstić information content (AvgIpc) is 3.12. The van der Waals surface area contributed by atoms with E-state index in [1.807, 2.05) is 42.0 Å². The molecule has 0 saturated carbocycles. The van der Waals surface area contributed by atoms with Gasteiger partial charge in [0.2, 0.25) is 0 Å². The Morgan fingerprint density at radius 3 is 2.55 bits per heavy atom. The van der Waals surface area contributed by atoms with Crippen molar-refractivity contribution in [1.82, 2.24) is 9.13 Å². The highest BCUT2D eigenvalue weighted by Gasteiger charge is 2.29. The van der Waals surface area contributed by atoms with Crippen molar-refractivity contribution < 1.29 is 29.2 Å². The van der Waals surface area contributed by atoms with Crippen LogP contribution in [0.2, 0.25) is 0 Å². The van der Waals surface area contributed by atoms with Crippen molar-refractivity contribution in [2.75, 3.05) is 21.3 Å². The van der Waals surface area contributed by atoms with Crippen LogP contribution in [0.15, 0.2) is 47.3 Å². The zero-order valence-corrected chi connectivity index (χ0v) is 21.6. The van der Waals surface area contributed by atoms with Gasteiger partial charge in [-0.1, -0.05) is 12.2 Å². The number of rotatable bonds is 6. The fourth-order valence-electron chi connectivity index (χ4n) is 5.11. The second-order valence-corrected chi connectivity index (χ2v) is 9.07. The first-order chi connectivity index (χ1) is 18.3. The molecule has 38 heavy (non-hydrogen) atoms. The van der Waals surface area contributed by atoms with Gasteiger partial charge in [-0.25, -0.2) is 4.79 Å². The fraction of sp³-hybridized carbons (Fsp3) is 0.241. The van der Waals surface area contributed by atoms with Crippen molar-refractivity contribution in [3.8, 4) is 28.5 Å². The first kappa shape index (κ1) is 25.2. The van der Waals surface area contributed by atoms with E-state index in [-0.39, 0.29) is 19.6 Å². The van der Waals surface area contributed by atoms with Gasteiger partial charge in [0.1, 0.15) is 17.2 Å². The monoisotopic (exact) mass is 516 g/mol. The van der Waals surface area contributed by atoms with E-state index in [0.717, 1.165) is 22.2 Å². The van der Waals surface area contributed by atoms with Gasteiger partial charge >= 0.3 is 5.97 Å². The molecule has 9 heteroatoms. The molecule has 0 amide bonds. The number of aliphatic hydroxyl groups is 1. The summed E-state index contributed by atoms with van der Waals surface area (Å²) in [6.07, 6.45) is 4.11. The fourth-order valence-corrected chi connectivity index (χ4v) is 5.11. The standard InChI is InChI=1S/C29H28N2O7/c1-30-19(15-32)10-18-11-22-16(12-23(18)30)6-5-7-21-26(22)31(28(34)25(27(21)33)29(35)38-4)14-17-8-9-20(36-2)13-24(17)37-3/h5-6,8-13,32-33H,7,14-15H2,1-4H3. The Labute approximate surface area is 218 Å². The zero-order valence-electron chi connectivity index (χ0n) is 21.6. The summed E-state index contributed by atoms with van der Waals surface area (Å²) in [5.74, 6) is -0.198. The van der Waals surface area contributed by atoms with Crippen molar-refractivity contribution in [3.05, 3.63) is 80.8 Å². The molecule has 0 atom stereocenters. The van der Waals surface area contributed by atoms with Gasteiger partial charge in [0, 0.05) is 46.4 Å². The third-order valence-electron chi connectivity index (χ3n) is 7.10. The molecule has 1 aliphatic carbocycles. The van der Waals surface area contributed by atoms with Crippen LogP contribution in [-0.2, 0) is 31.4 Å². The minimum atomic E-state index is -0.912. The summed E-state index contributed by atoms with van der Waals surface area (Å²) < 4.78 is 19.1. The molecule has 0 fully saturated rings. The van der Waals surface area contributed by atoms with Crippen molar-refractivity contribution >= 4 is 22.9 Å². The van der Waals surface area contributed by atoms with Crippen LogP contribution in [0.5, 0.6) is 17.2 Å². The highest BCUT2D eigenvalue weighted by Crippen LogP contribution is 2.40. The Balaban J connectivity index is 1.84. The van der Waals surface area contributed by atoms with Gasteiger partial charge in [0.05, 0.1) is 40.2 Å². The van der Waals surface area contributed by atoms with Gasteiger partial charge in [-0.05, 0) is 42.3 Å². The number of ether oxygens (including phenoxy) is 3. The summed E-state index contributed by atoms with van der Waals surface area (Å²) in [4.78, 5) is 26.5. The topological polar surface area (TPSA) is 112 Å². The number of aryl methyl sites for hydroxylation is 1. The van der Waals surface area contributed by atoms with E-state index in [1.54, 1.807) is 25.3 Å². The van der Waals surface area contributed by atoms with Crippen LogP contribution in [0.25, 0.3) is 28.2 Å². The Hall–Kier alpha value is -4.50. The van der Waals surface area contributed by atoms with E-state index < -0.39 is 22.8 Å². The largest absolute Gasteiger partial charge is 0.506 e. The number of fused-ring (bicyclic) bond motifs is 4. The Bertz CT molecular complexity index is 1680. The molecule has 0 spiro atoms. The van der Waals surface area contributed by atoms with Crippen molar-refractivity contribution in [3.63, 3.8) is 0 Å². The van der Waals surface area contributed by atoms with Gasteiger partial charge in [-0.15, -0.1) is 0 Å². The maximum Gasteiger partial charge on any atom is 0.347 e. The number of nitrogens with zero attached hydrogens (tertiary/aromatic N) is 2. The van der Waals surface area contributed by atoms with E-state index in [4.69, 9.17) is 14.2 Å². The minimum absolute atomic E-state index is 0.0623. The van der Waals surface area contributed by atoms with E-state index in [9.17, 15) is 19.8 Å². The van der Waals surface area contributed by atoms with Crippen LogP contribution in [-0.4, -0.2) is 46.6 Å². The summed E-state index contributed by atoms with van der Waals surface area (Å²) >= 11 is 0. The number of carbonyl (C=O) groups is 1. The second-order valence-electron chi connectivity index (χ2n) is 9.07. The number of benzene rings is 2. The van der Waals surface area contributed by atoms with Gasteiger partial charge in [0.25, 0.3) is 5.56 Å². The molecular formula is C29H28N2O7. The van der Waals surface area contributed by atoms with Gasteiger partial charge in [-0.2, -0.15) is 0 Å². The number of pyridine rings is 1. The molecule has 0 unspecified atom stereocenters. The van der Waals surface area contributed by atoms with Crippen LogP contribution in [0.1, 0.15) is 32.7 Å². The van der Waals surface area contributed by atoms with Crippen molar-refractivity contribution in [2.45, 2.75) is 19.6 Å². The lowest BCUT2D eigenvalue weighted by Crippen LogP contribution is -2.30. The first-order valence-electron chi connectivity index (χ1n) is 12.0. The molecule has 2 N–H and O–H groups in total. The molecule has 9 nitrogen and oxygen atoms in total. The summed E-state index contributed by atoms with van der Waals surface area (Å²) in [7, 11) is 6.14. The molecule has 196 valence electrons. The molecule has 2 aromatic heterocycles. The van der Waals surface area contributed by atoms with E-state index >= 15 is 0 Å². The van der Waals surface area contributed by atoms with Gasteiger partial charge in [-0.3, -0.25) is 4.79 Å². The molecule has 0 bridgehead atoms. The van der Waals surface area contributed by atoms with Crippen LogP contribution < -0.4 is 15.0 Å². The molecule has 2 aromatic carbocycles. The lowest BCUT2D eigenvalue weighted by atomic mass is 9.96. The Morgan fingerprint density at radius 2 is 1.87 bits per heavy atom. The highest BCUT2D eigenvalue weighted by molar-refractivity contribution is 5.96. The molecule has 0 aliphatic heterocycles. The molecule has 2 heterocycles. The van der Waals surface area contributed by atoms with E-state index in [0.29, 0.717) is 33.9 Å². The predicted molar refractivity (Wildman–Crippen MR) is 143 cm³/mol. The number of hydrogen-bond donors (Lipinski definition) is 2. The van der Waals surface area contributed by atoms with Crippen LogP contribution in [0, 0.1) is 0 Å². The summed E-state index contributed by atoms with van der Waals surface area (Å²) in [5.41, 5.74) is 3.73. The van der Waals surface area contributed by atoms with Gasteiger partial charge < -0.3 is 33.6 Å². The summed E-state index contributed by atoms with van der Waals surface area (Å²) in [6, 6.07) is 11.1. The van der Waals surface area contributed by atoms with Crippen LogP contribution >= 0.6 is 0 Å². The number of methoxy groups -OCH3 is 3. The second kappa shape index (κ2) is 9.75. The van der Waals surface area contributed by atoms with Crippen molar-refractivity contribution in [1.29, 1.82) is 0 Å². The minimum Gasteiger partial charge on any atom is -0.506 e. The number of carbonyl (C=O) groups excluding carboxylic acids is 1. The third-order valence-corrected chi connectivity index (χ3v) is 7.10. The summed E-state index contributed by atoms with van der Waals surface area (Å²) in [5, 5.41) is 21.9. The SMILES string of the molecule is COC(=O)c1c(O)c2c(n(Cc3ccc(OC)cc3OC)c1=O)-c1cc3cc(CO)n(C)c3cc1C=CC2. The van der Waals surface area contributed by atoms with Crippen LogP contribution in [0.3, 0.4) is 0 Å². The van der Waals surface area contributed by atoms with Crippen LogP contribution in [0.4, 0.5) is 0 Å². The number of aliphatic hydroxyl groups excluding tert-OH is 1. The predicted octanol–water partition coefficient (Wildman–Crippen LogP) is 3.63. The molecular weight excluding hydrogens is 488 g/mol. The summed E-state index contributed by atoms with van der Waals surface area (Å²) in [6.45, 7) is -0.0553. The third kappa shape index (κ3) is 3.92. The van der Waals surface area contributed by atoms with Gasteiger partial charge in [0.15, 0.2) is 5.56 Å². The Kier molecular flexibility index (Phi) is 6.46. The molecule has 4 aromatic rings. The highest BCUT2D eigenvalue weighted by atomic mass is 16.5. The number of esters is 1. The number of aromatic nitrogens is 2. The molecule has 5 rings (SSSR count). The molecule has 0 radical (unpaired) electrons. The van der Waals surface area contributed by atoms with E-state index in [2.05, 4.69) is 0 Å². The Morgan fingerprint density at radius 1 is 1.08 bits per heavy atom. The lowest BCUT2D eigenvalue weighted by Gasteiger charge is -2.21. The number of hydrogen-bond acceptors (Lipinski definition) is 7. The van der Waals surface area contributed by atoms with Crippen molar-refractivity contribution in [2.24, 2.45) is 7.05 Å². The molecule has 1 aliphatic rings. The normalized spacial score (nSPS) is 12.1.